The Hall–Kier alpha value is -1.10. The molecular weight excluding hydrogens is 308 g/mol. The molecule has 0 amide bonds. The van der Waals surface area contributed by atoms with E-state index in [0.29, 0.717) is 11.0 Å². The van der Waals surface area contributed by atoms with E-state index in [9.17, 15) is 9.90 Å². The summed E-state index contributed by atoms with van der Waals surface area (Å²) in [6, 6.07) is 0. The van der Waals surface area contributed by atoms with Crippen LogP contribution in [0, 0.1) is 5.41 Å². The number of thioether (sulfide) groups is 1. The summed E-state index contributed by atoms with van der Waals surface area (Å²) in [5.41, 5.74) is 1.68. The molecule has 0 aliphatic carbocycles. The lowest BCUT2D eigenvalue weighted by atomic mass is 9.90. The van der Waals surface area contributed by atoms with E-state index in [1.165, 1.54) is 0 Å². The van der Waals surface area contributed by atoms with Crippen LogP contribution >= 0.6 is 11.8 Å². The molecule has 5 heteroatoms. The van der Waals surface area contributed by atoms with Crippen molar-refractivity contribution >= 4 is 17.7 Å². The topological polar surface area (TPSA) is 43.8 Å². The van der Waals surface area contributed by atoms with E-state index in [-0.39, 0.29) is 5.37 Å². The van der Waals surface area contributed by atoms with Crippen molar-refractivity contribution < 1.29 is 9.90 Å². The number of aliphatic carboxylic acids is 1. The highest BCUT2D eigenvalue weighted by molar-refractivity contribution is 8.00. The number of carboxylic acid groups (broad SMARTS) is 1. The highest BCUT2D eigenvalue weighted by Crippen LogP contribution is 2.35. The molecule has 1 atom stereocenters. The lowest BCUT2D eigenvalue weighted by Gasteiger charge is -2.41. The molecule has 1 aliphatic heterocycles. The normalized spacial score (nSPS) is 19.0. The highest BCUT2D eigenvalue weighted by atomic mass is 32.2. The van der Waals surface area contributed by atoms with Gasteiger partial charge in [0, 0.05) is 20.6 Å². The first-order valence-corrected chi connectivity index (χ1v) is 9.34. The Morgan fingerprint density at radius 3 is 2.43 bits per heavy atom. The van der Waals surface area contributed by atoms with Crippen molar-refractivity contribution in [1.82, 2.24) is 9.80 Å². The second-order valence-corrected chi connectivity index (χ2v) is 8.82. The molecule has 132 valence electrons. The molecule has 0 bridgehead atoms. The summed E-state index contributed by atoms with van der Waals surface area (Å²) in [4.78, 5) is 16.1. The van der Waals surface area contributed by atoms with E-state index in [2.05, 4.69) is 37.5 Å². The fourth-order valence-electron chi connectivity index (χ4n) is 2.83. The maximum Gasteiger partial charge on any atom is 0.334 e. The SMILES string of the molecule is CCSC1C(C(=O)O)=C(C)C=C(N(C)C)N1CCCC(C)(C)C. The molecule has 0 aromatic carbocycles. The van der Waals surface area contributed by atoms with Crippen LogP contribution < -0.4 is 0 Å². The van der Waals surface area contributed by atoms with Gasteiger partial charge in [0.2, 0.25) is 0 Å². The van der Waals surface area contributed by atoms with Gasteiger partial charge in [-0.1, -0.05) is 27.7 Å². The van der Waals surface area contributed by atoms with E-state index in [1.807, 2.05) is 27.1 Å². The van der Waals surface area contributed by atoms with Crippen LogP contribution in [-0.2, 0) is 4.79 Å². The van der Waals surface area contributed by atoms with Gasteiger partial charge in [-0.2, -0.15) is 0 Å². The molecule has 0 saturated heterocycles. The van der Waals surface area contributed by atoms with E-state index in [1.54, 1.807) is 11.8 Å². The quantitative estimate of drug-likeness (QED) is 0.758. The van der Waals surface area contributed by atoms with Crippen molar-refractivity contribution in [2.45, 2.75) is 52.8 Å². The Kier molecular flexibility index (Phi) is 7.05. The third-order valence-corrected chi connectivity index (χ3v) is 5.07. The number of carboxylic acids is 1. The molecule has 1 rings (SSSR count). The molecule has 23 heavy (non-hydrogen) atoms. The van der Waals surface area contributed by atoms with Crippen LogP contribution in [0.5, 0.6) is 0 Å². The van der Waals surface area contributed by atoms with Crippen LogP contribution in [0.1, 0.15) is 47.5 Å². The fourth-order valence-corrected chi connectivity index (χ4v) is 3.99. The third kappa shape index (κ3) is 5.48. The van der Waals surface area contributed by atoms with Crippen LogP contribution in [0.25, 0.3) is 0 Å². The number of hydrogen-bond acceptors (Lipinski definition) is 4. The number of hydrogen-bond donors (Lipinski definition) is 1. The molecule has 1 N–H and O–H groups in total. The number of carbonyl (C=O) groups is 1. The van der Waals surface area contributed by atoms with Gasteiger partial charge in [-0.05, 0) is 42.6 Å². The third-order valence-electron chi connectivity index (χ3n) is 3.93. The van der Waals surface area contributed by atoms with Crippen LogP contribution in [0.4, 0.5) is 0 Å². The number of nitrogens with zero attached hydrogens (tertiary/aromatic N) is 2. The molecule has 4 nitrogen and oxygen atoms in total. The lowest BCUT2D eigenvalue weighted by Crippen LogP contribution is -2.43. The van der Waals surface area contributed by atoms with Crippen molar-refractivity contribution in [3.05, 3.63) is 23.0 Å². The molecule has 1 aliphatic rings. The van der Waals surface area contributed by atoms with Gasteiger partial charge in [0.1, 0.15) is 11.2 Å². The standard InChI is InChI=1S/C18H32N2O2S/c1-8-23-16-15(17(21)22)13(2)12-14(19(6)7)20(16)11-9-10-18(3,4)5/h12,16H,8-11H2,1-7H3,(H,21,22). The van der Waals surface area contributed by atoms with Crippen LogP contribution in [0.2, 0.25) is 0 Å². The minimum Gasteiger partial charge on any atom is -0.478 e. The summed E-state index contributed by atoms with van der Waals surface area (Å²) in [7, 11) is 4.05. The van der Waals surface area contributed by atoms with Crippen LogP contribution in [0.15, 0.2) is 23.0 Å². The Labute approximate surface area is 145 Å². The van der Waals surface area contributed by atoms with Crippen molar-refractivity contribution in [1.29, 1.82) is 0 Å². The van der Waals surface area contributed by atoms with E-state index in [4.69, 9.17) is 0 Å². The molecule has 0 radical (unpaired) electrons. The van der Waals surface area contributed by atoms with Gasteiger partial charge in [0.05, 0.1) is 5.57 Å². The van der Waals surface area contributed by atoms with Gasteiger partial charge in [-0.15, -0.1) is 11.8 Å². The van der Waals surface area contributed by atoms with Crippen LogP contribution in [0.3, 0.4) is 0 Å². The summed E-state index contributed by atoms with van der Waals surface area (Å²) >= 11 is 1.70. The summed E-state index contributed by atoms with van der Waals surface area (Å²) in [6.45, 7) is 11.6. The van der Waals surface area contributed by atoms with E-state index in [0.717, 1.165) is 36.5 Å². The summed E-state index contributed by atoms with van der Waals surface area (Å²) in [6.07, 6.45) is 4.19. The van der Waals surface area contributed by atoms with Gasteiger partial charge in [-0.25, -0.2) is 4.79 Å². The maximum atomic E-state index is 11.8. The van der Waals surface area contributed by atoms with Crippen LogP contribution in [-0.4, -0.2) is 52.6 Å². The monoisotopic (exact) mass is 340 g/mol. The zero-order valence-electron chi connectivity index (χ0n) is 15.6. The number of rotatable bonds is 7. The lowest BCUT2D eigenvalue weighted by molar-refractivity contribution is -0.133. The van der Waals surface area contributed by atoms with Crippen molar-refractivity contribution in [2.24, 2.45) is 5.41 Å². The fraction of sp³-hybridized carbons (Fsp3) is 0.722. The molecular formula is C18H32N2O2S. The number of allylic oxidation sites excluding steroid dienone is 2. The molecule has 0 aromatic rings. The first kappa shape index (κ1) is 19.9. The van der Waals surface area contributed by atoms with Gasteiger partial charge in [0.25, 0.3) is 0 Å². The average molecular weight is 341 g/mol. The highest BCUT2D eigenvalue weighted by Gasteiger charge is 2.33. The second kappa shape index (κ2) is 8.13. The molecule has 0 aromatic heterocycles. The summed E-state index contributed by atoms with van der Waals surface area (Å²) < 4.78 is 0. The Morgan fingerprint density at radius 2 is 2.00 bits per heavy atom. The Bertz CT molecular complexity index is 490. The largest absolute Gasteiger partial charge is 0.478 e. The molecule has 0 fully saturated rings. The van der Waals surface area contributed by atoms with Gasteiger partial charge in [-0.3, -0.25) is 0 Å². The molecule has 1 unspecified atom stereocenters. The summed E-state index contributed by atoms with van der Waals surface area (Å²) in [5, 5.41) is 9.55. The van der Waals surface area contributed by atoms with Gasteiger partial charge in [0.15, 0.2) is 0 Å². The Morgan fingerprint density at radius 1 is 1.39 bits per heavy atom. The second-order valence-electron chi connectivity index (χ2n) is 7.46. The first-order chi connectivity index (χ1) is 10.6. The van der Waals surface area contributed by atoms with Crippen molar-refractivity contribution in [2.75, 3.05) is 26.4 Å². The van der Waals surface area contributed by atoms with Gasteiger partial charge < -0.3 is 14.9 Å². The predicted octanol–water partition coefficient (Wildman–Crippen LogP) is 4.01. The smallest absolute Gasteiger partial charge is 0.334 e. The van der Waals surface area contributed by atoms with E-state index >= 15 is 0 Å². The molecule has 0 spiro atoms. The minimum absolute atomic E-state index is 0.111. The average Bonchev–Trinajstić information content (AvgIpc) is 2.39. The van der Waals surface area contributed by atoms with E-state index < -0.39 is 5.97 Å². The summed E-state index contributed by atoms with van der Waals surface area (Å²) in [5.74, 6) is 1.20. The minimum atomic E-state index is -0.802. The Balaban J connectivity index is 3.10. The first-order valence-electron chi connectivity index (χ1n) is 8.29. The zero-order valence-corrected chi connectivity index (χ0v) is 16.5. The van der Waals surface area contributed by atoms with Crippen molar-refractivity contribution in [3.63, 3.8) is 0 Å². The predicted molar refractivity (Wildman–Crippen MR) is 99.4 cm³/mol. The van der Waals surface area contributed by atoms with Gasteiger partial charge >= 0.3 is 5.97 Å². The van der Waals surface area contributed by atoms with Crippen molar-refractivity contribution in [3.8, 4) is 0 Å². The maximum absolute atomic E-state index is 11.8. The molecule has 0 saturated carbocycles. The zero-order chi connectivity index (χ0) is 17.8. The molecule has 1 heterocycles.